The maximum absolute atomic E-state index is 12.1. The van der Waals surface area contributed by atoms with Crippen molar-refractivity contribution in [3.63, 3.8) is 0 Å². The lowest BCUT2D eigenvalue weighted by molar-refractivity contribution is -0.123. The summed E-state index contributed by atoms with van der Waals surface area (Å²) in [5.74, 6) is 0.193. The molecule has 0 radical (unpaired) electrons. The lowest BCUT2D eigenvalue weighted by Crippen LogP contribution is -2.49. The van der Waals surface area contributed by atoms with Crippen LogP contribution in [0, 0.1) is 0 Å². The molecule has 2 saturated carbocycles. The lowest BCUT2D eigenvalue weighted by Gasteiger charge is -2.30. The van der Waals surface area contributed by atoms with Crippen molar-refractivity contribution in [2.24, 2.45) is 0 Å². The normalized spacial score (nSPS) is 30.2. The van der Waals surface area contributed by atoms with Crippen LogP contribution in [0.1, 0.15) is 58.3 Å². The Balaban J connectivity index is 1.68. The second-order valence-corrected chi connectivity index (χ2v) is 7.23. The van der Waals surface area contributed by atoms with Gasteiger partial charge in [-0.25, -0.2) is 0 Å². The summed E-state index contributed by atoms with van der Waals surface area (Å²) in [6, 6.07) is 0.924. The van der Waals surface area contributed by atoms with Crippen LogP contribution in [0.3, 0.4) is 0 Å². The minimum Gasteiger partial charge on any atom is -0.352 e. The molecule has 2 fully saturated rings. The maximum atomic E-state index is 12.1. The number of carbonyl (C=O) groups is 1. The van der Waals surface area contributed by atoms with Gasteiger partial charge in [-0.2, -0.15) is 11.8 Å². The number of hydrogen-bond acceptors (Lipinski definition) is 3. The van der Waals surface area contributed by atoms with E-state index in [-0.39, 0.29) is 11.9 Å². The van der Waals surface area contributed by atoms with E-state index in [2.05, 4.69) is 16.9 Å². The minimum atomic E-state index is -0.0450. The first-order valence-corrected chi connectivity index (χ1v) is 9.07. The van der Waals surface area contributed by atoms with Crippen molar-refractivity contribution in [3.05, 3.63) is 0 Å². The third-order valence-corrected chi connectivity index (χ3v) is 5.73. The van der Waals surface area contributed by atoms with Crippen LogP contribution in [-0.2, 0) is 4.79 Å². The topological polar surface area (TPSA) is 41.1 Å². The van der Waals surface area contributed by atoms with Gasteiger partial charge < -0.3 is 10.6 Å². The third kappa shape index (κ3) is 4.67. The van der Waals surface area contributed by atoms with Crippen LogP contribution in [0.5, 0.6) is 0 Å². The first-order chi connectivity index (χ1) is 9.19. The van der Waals surface area contributed by atoms with Gasteiger partial charge >= 0.3 is 0 Å². The second-order valence-electron chi connectivity index (χ2n) is 6.09. The lowest BCUT2D eigenvalue weighted by atomic mass is 9.94. The molecule has 0 heterocycles. The molecule has 0 saturated heterocycles. The Morgan fingerprint density at radius 2 is 1.68 bits per heavy atom. The van der Waals surface area contributed by atoms with E-state index in [4.69, 9.17) is 0 Å². The standard InChI is InChI=1S/C15H28N2OS/c1-11(15(18)17-12-5-3-4-6-12)16-13-7-9-14(19-2)10-8-13/h11-14,16H,3-10H2,1-2H3,(H,17,18). The van der Waals surface area contributed by atoms with Crippen molar-refractivity contribution in [1.82, 2.24) is 10.6 Å². The smallest absolute Gasteiger partial charge is 0.237 e. The van der Waals surface area contributed by atoms with Gasteiger partial charge in [0.2, 0.25) is 5.91 Å². The molecule has 19 heavy (non-hydrogen) atoms. The molecule has 3 nitrogen and oxygen atoms in total. The highest BCUT2D eigenvalue weighted by molar-refractivity contribution is 7.99. The largest absolute Gasteiger partial charge is 0.352 e. The minimum absolute atomic E-state index is 0.0450. The van der Waals surface area contributed by atoms with Crippen LogP contribution in [-0.4, -0.2) is 35.5 Å². The summed E-state index contributed by atoms with van der Waals surface area (Å²) in [5, 5.41) is 7.53. The Kier molecular flexibility index (Phi) is 6.02. The van der Waals surface area contributed by atoms with Crippen LogP contribution in [0.25, 0.3) is 0 Å². The number of carbonyl (C=O) groups excluding carboxylic acids is 1. The van der Waals surface area contributed by atoms with E-state index in [9.17, 15) is 4.79 Å². The second kappa shape index (κ2) is 7.53. The molecule has 0 bridgehead atoms. The van der Waals surface area contributed by atoms with E-state index < -0.39 is 0 Å². The van der Waals surface area contributed by atoms with Gasteiger partial charge in [0.05, 0.1) is 6.04 Å². The average molecular weight is 284 g/mol. The molecule has 4 heteroatoms. The zero-order valence-corrected chi connectivity index (χ0v) is 13.1. The molecule has 110 valence electrons. The number of rotatable bonds is 5. The fraction of sp³-hybridized carbons (Fsp3) is 0.933. The van der Waals surface area contributed by atoms with E-state index in [0.29, 0.717) is 12.1 Å². The van der Waals surface area contributed by atoms with Crippen molar-refractivity contribution >= 4 is 17.7 Å². The predicted molar refractivity (Wildman–Crippen MR) is 82.6 cm³/mol. The predicted octanol–water partition coefficient (Wildman–Crippen LogP) is 2.70. The Bertz CT molecular complexity index is 284. The zero-order chi connectivity index (χ0) is 13.7. The monoisotopic (exact) mass is 284 g/mol. The fourth-order valence-corrected chi connectivity index (χ4v) is 4.03. The molecule has 2 N–H and O–H groups in total. The number of thioether (sulfide) groups is 1. The van der Waals surface area contributed by atoms with E-state index >= 15 is 0 Å². The van der Waals surface area contributed by atoms with Crippen LogP contribution < -0.4 is 10.6 Å². The molecule has 0 aromatic heterocycles. The highest BCUT2D eigenvalue weighted by atomic mass is 32.2. The zero-order valence-electron chi connectivity index (χ0n) is 12.3. The Labute approximate surface area is 121 Å². The summed E-state index contributed by atoms with van der Waals surface area (Å²) >= 11 is 1.99. The van der Waals surface area contributed by atoms with Crippen molar-refractivity contribution in [1.29, 1.82) is 0 Å². The van der Waals surface area contributed by atoms with E-state index in [0.717, 1.165) is 18.1 Å². The van der Waals surface area contributed by atoms with Crippen molar-refractivity contribution in [2.75, 3.05) is 6.26 Å². The molecule has 0 spiro atoms. The number of hydrogen-bond donors (Lipinski definition) is 2. The molecular formula is C15H28N2OS. The van der Waals surface area contributed by atoms with Crippen LogP contribution in [0.15, 0.2) is 0 Å². The van der Waals surface area contributed by atoms with Gasteiger partial charge in [-0.3, -0.25) is 4.79 Å². The fourth-order valence-electron chi connectivity index (χ4n) is 3.29. The van der Waals surface area contributed by atoms with Gasteiger partial charge in [-0.1, -0.05) is 12.8 Å². The van der Waals surface area contributed by atoms with Crippen molar-refractivity contribution in [3.8, 4) is 0 Å². The molecule has 2 aliphatic carbocycles. The molecule has 1 unspecified atom stereocenters. The van der Waals surface area contributed by atoms with E-state index in [1.165, 1.54) is 38.5 Å². The summed E-state index contributed by atoms with van der Waals surface area (Å²) in [6.45, 7) is 2.00. The van der Waals surface area contributed by atoms with Gasteiger partial charge in [0.25, 0.3) is 0 Å². The molecule has 2 aliphatic rings. The molecule has 2 rings (SSSR count). The van der Waals surface area contributed by atoms with Gasteiger partial charge in [0.15, 0.2) is 0 Å². The van der Waals surface area contributed by atoms with Gasteiger partial charge in [0.1, 0.15) is 0 Å². The van der Waals surface area contributed by atoms with Crippen molar-refractivity contribution in [2.45, 2.75) is 81.7 Å². The Hall–Kier alpha value is -0.220. The summed E-state index contributed by atoms with van der Waals surface area (Å²) in [6.07, 6.45) is 12.1. The third-order valence-electron chi connectivity index (χ3n) is 4.59. The molecule has 0 aromatic carbocycles. The summed E-state index contributed by atoms with van der Waals surface area (Å²) in [5.41, 5.74) is 0. The molecule has 1 amide bonds. The first kappa shape index (κ1) is 15.2. The quantitative estimate of drug-likeness (QED) is 0.815. The van der Waals surface area contributed by atoms with E-state index in [1.807, 2.05) is 18.7 Å². The molecule has 0 aromatic rings. The molecule has 1 atom stereocenters. The highest BCUT2D eigenvalue weighted by Gasteiger charge is 2.25. The van der Waals surface area contributed by atoms with Gasteiger partial charge in [-0.15, -0.1) is 0 Å². The SMILES string of the molecule is CSC1CCC(NC(C)C(=O)NC2CCCC2)CC1. The van der Waals surface area contributed by atoms with Crippen LogP contribution >= 0.6 is 11.8 Å². The van der Waals surface area contributed by atoms with Gasteiger partial charge in [-0.05, 0) is 51.7 Å². The van der Waals surface area contributed by atoms with Crippen LogP contribution in [0.4, 0.5) is 0 Å². The molecule has 0 aliphatic heterocycles. The Morgan fingerprint density at radius 1 is 1.05 bits per heavy atom. The summed E-state index contributed by atoms with van der Waals surface area (Å²) in [7, 11) is 0. The van der Waals surface area contributed by atoms with Crippen LogP contribution in [0.2, 0.25) is 0 Å². The first-order valence-electron chi connectivity index (χ1n) is 7.78. The molecular weight excluding hydrogens is 256 g/mol. The number of amides is 1. The maximum Gasteiger partial charge on any atom is 0.237 e. The highest BCUT2D eigenvalue weighted by Crippen LogP contribution is 2.27. The summed E-state index contributed by atoms with van der Waals surface area (Å²) in [4.78, 5) is 12.1. The summed E-state index contributed by atoms with van der Waals surface area (Å²) < 4.78 is 0. The van der Waals surface area contributed by atoms with E-state index in [1.54, 1.807) is 0 Å². The van der Waals surface area contributed by atoms with Gasteiger partial charge in [0, 0.05) is 17.3 Å². The van der Waals surface area contributed by atoms with Crippen molar-refractivity contribution < 1.29 is 4.79 Å². The number of nitrogens with one attached hydrogen (secondary N) is 2. The Morgan fingerprint density at radius 3 is 2.26 bits per heavy atom. The average Bonchev–Trinajstić information content (AvgIpc) is 2.92.